The Hall–Kier alpha value is -0.120. The maximum atomic E-state index is 9.72. The van der Waals surface area contributed by atoms with Gasteiger partial charge in [0.25, 0.3) is 0 Å². The van der Waals surface area contributed by atoms with Crippen molar-refractivity contribution >= 4 is 17.9 Å². The molecule has 0 rings (SSSR count). The van der Waals surface area contributed by atoms with Crippen LogP contribution in [-0.2, 0) is 4.79 Å². The van der Waals surface area contributed by atoms with Gasteiger partial charge >= 0.3 is 0 Å². The molecule has 0 spiro atoms. The van der Waals surface area contributed by atoms with Crippen LogP contribution in [0.3, 0.4) is 0 Å². The lowest BCUT2D eigenvalue weighted by Crippen LogP contribution is -2.27. The van der Waals surface area contributed by atoms with Gasteiger partial charge in [0.1, 0.15) is 6.29 Å². The first kappa shape index (κ1) is 8.88. The van der Waals surface area contributed by atoms with E-state index in [1.54, 1.807) is 0 Å². The average molecular weight is 153 g/mol. The molecule has 2 N–H and O–H groups in total. The van der Waals surface area contributed by atoms with E-state index < -0.39 is 12.2 Å². The van der Waals surface area contributed by atoms with Crippen molar-refractivity contribution in [2.75, 3.05) is 5.88 Å². The first-order valence-electron chi connectivity index (χ1n) is 2.58. The van der Waals surface area contributed by atoms with Crippen molar-refractivity contribution in [1.29, 1.82) is 0 Å². The summed E-state index contributed by atoms with van der Waals surface area (Å²) in [7, 11) is 0. The third-order valence-corrected chi connectivity index (χ3v) is 1.26. The summed E-state index contributed by atoms with van der Waals surface area (Å²) < 4.78 is 0. The molecule has 0 bridgehead atoms. The number of alkyl halides is 1. The molecule has 0 aromatic heterocycles. The lowest BCUT2D eigenvalue weighted by molar-refractivity contribution is -0.110. The van der Waals surface area contributed by atoms with Crippen LogP contribution in [0, 0.1) is 0 Å². The lowest BCUT2D eigenvalue weighted by atomic mass is 10.2. The van der Waals surface area contributed by atoms with Gasteiger partial charge in [-0.15, -0.1) is 11.6 Å². The Labute approximate surface area is 58.3 Å². The minimum absolute atomic E-state index is 0.0466. The maximum absolute atomic E-state index is 9.72. The van der Waals surface area contributed by atoms with Gasteiger partial charge in [0.15, 0.2) is 0 Å². The molecule has 0 aliphatic carbocycles. The molecule has 0 aromatic rings. The zero-order chi connectivity index (χ0) is 7.28. The molecule has 0 aromatic carbocycles. The van der Waals surface area contributed by atoms with Gasteiger partial charge in [-0.05, 0) is 0 Å². The number of carbonyl (C=O) groups is 1. The molecular weight excluding hydrogens is 144 g/mol. The van der Waals surface area contributed by atoms with Crippen LogP contribution in [0.15, 0.2) is 0 Å². The summed E-state index contributed by atoms with van der Waals surface area (Å²) in [6.45, 7) is 0. The molecule has 3 nitrogen and oxygen atoms in total. The van der Waals surface area contributed by atoms with Crippen LogP contribution in [-0.4, -0.2) is 34.6 Å². The summed E-state index contributed by atoms with van der Waals surface area (Å²) in [5, 5.41) is 17.5. The number of aldehydes is 1. The number of hydrogen-bond acceptors (Lipinski definition) is 3. The summed E-state index contributed by atoms with van der Waals surface area (Å²) >= 11 is 5.16. The average Bonchev–Trinajstić information content (AvgIpc) is 1.87. The van der Waals surface area contributed by atoms with Gasteiger partial charge in [-0.3, -0.25) is 0 Å². The predicted octanol–water partition coefficient (Wildman–Crippen LogP) is -0.464. The quantitative estimate of drug-likeness (QED) is 0.423. The van der Waals surface area contributed by atoms with Crippen LogP contribution in [0.25, 0.3) is 0 Å². The van der Waals surface area contributed by atoms with Crippen molar-refractivity contribution in [2.45, 2.75) is 18.6 Å². The predicted molar refractivity (Wildman–Crippen MR) is 33.4 cm³/mol. The first-order chi connectivity index (χ1) is 4.22. The molecule has 0 saturated heterocycles. The topological polar surface area (TPSA) is 57.5 Å². The zero-order valence-corrected chi connectivity index (χ0v) is 5.58. The smallest absolute Gasteiger partial charge is 0.122 e. The Morgan fingerprint density at radius 3 is 2.33 bits per heavy atom. The minimum atomic E-state index is -1.01. The van der Waals surface area contributed by atoms with Gasteiger partial charge in [0.2, 0.25) is 0 Å². The fourth-order valence-electron chi connectivity index (χ4n) is 0.359. The highest BCUT2D eigenvalue weighted by atomic mass is 35.5. The SMILES string of the molecule is O=CC[C@@H](O)[C@H](O)CCl. The van der Waals surface area contributed by atoms with Crippen molar-refractivity contribution in [1.82, 2.24) is 0 Å². The van der Waals surface area contributed by atoms with Crippen molar-refractivity contribution in [3.05, 3.63) is 0 Å². The normalized spacial score (nSPS) is 16.8. The number of halogens is 1. The van der Waals surface area contributed by atoms with Gasteiger partial charge in [0.05, 0.1) is 18.1 Å². The summed E-state index contributed by atoms with van der Waals surface area (Å²) in [5.74, 6) is -0.0466. The van der Waals surface area contributed by atoms with E-state index in [4.69, 9.17) is 21.8 Å². The summed E-state index contributed by atoms with van der Waals surface area (Å²) in [6, 6.07) is 0. The van der Waals surface area contributed by atoms with E-state index in [2.05, 4.69) is 0 Å². The van der Waals surface area contributed by atoms with Gasteiger partial charge < -0.3 is 15.0 Å². The van der Waals surface area contributed by atoms with E-state index in [1.807, 2.05) is 0 Å². The molecule has 0 heterocycles. The summed E-state index contributed by atoms with van der Waals surface area (Å²) in [6.07, 6.45) is -1.52. The van der Waals surface area contributed by atoms with Crippen LogP contribution in [0.1, 0.15) is 6.42 Å². The molecule has 2 atom stereocenters. The van der Waals surface area contributed by atoms with Crippen LogP contribution < -0.4 is 0 Å². The fraction of sp³-hybridized carbons (Fsp3) is 0.800. The summed E-state index contributed by atoms with van der Waals surface area (Å²) in [5.41, 5.74) is 0. The van der Waals surface area contributed by atoms with Crippen molar-refractivity contribution in [3.63, 3.8) is 0 Å². The second-order valence-corrected chi connectivity index (χ2v) is 2.00. The van der Waals surface area contributed by atoms with Crippen LogP contribution in [0.4, 0.5) is 0 Å². The number of carbonyl (C=O) groups excluding carboxylic acids is 1. The van der Waals surface area contributed by atoms with Gasteiger partial charge in [-0.2, -0.15) is 0 Å². The highest BCUT2D eigenvalue weighted by Gasteiger charge is 2.13. The van der Waals surface area contributed by atoms with E-state index in [0.29, 0.717) is 6.29 Å². The van der Waals surface area contributed by atoms with E-state index in [1.165, 1.54) is 0 Å². The van der Waals surface area contributed by atoms with Gasteiger partial charge in [0, 0.05) is 6.42 Å². The van der Waals surface area contributed by atoms with Crippen molar-refractivity contribution in [2.24, 2.45) is 0 Å². The molecule has 0 unspecified atom stereocenters. The van der Waals surface area contributed by atoms with E-state index >= 15 is 0 Å². The molecule has 54 valence electrons. The highest BCUT2D eigenvalue weighted by molar-refractivity contribution is 6.18. The molecular formula is C5H9ClO3. The Balaban J connectivity index is 3.44. The molecule has 0 aliphatic heterocycles. The number of hydrogen-bond donors (Lipinski definition) is 2. The molecule has 0 aliphatic rings. The second kappa shape index (κ2) is 4.73. The Bertz CT molecular complexity index is 86.3. The third-order valence-electron chi connectivity index (χ3n) is 0.940. The number of aliphatic hydroxyl groups is 2. The first-order valence-corrected chi connectivity index (χ1v) is 3.11. The van der Waals surface area contributed by atoms with Crippen molar-refractivity contribution < 1.29 is 15.0 Å². The standard InChI is InChI=1S/C5H9ClO3/c6-3-5(9)4(8)1-2-7/h2,4-5,8-9H,1,3H2/t4-,5-/m1/s1. The molecule has 0 amide bonds. The molecule has 0 fully saturated rings. The number of aliphatic hydroxyl groups excluding tert-OH is 2. The maximum Gasteiger partial charge on any atom is 0.122 e. The van der Waals surface area contributed by atoms with Crippen LogP contribution in [0.2, 0.25) is 0 Å². The van der Waals surface area contributed by atoms with Crippen LogP contribution >= 0.6 is 11.6 Å². The molecule has 0 saturated carbocycles. The summed E-state index contributed by atoms with van der Waals surface area (Å²) in [4.78, 5) is 9.72. The molecule has 4 heteroatoms. The van der Waals surface area contributed by atoms with Crippen LogP contribution in [0.5, 0.6) is 0 Å². The van der Waals surface area contributed by atoms with Gasteiger partial charge in [-0.1, -0.05) is 0 Å². The largest absolute Gasteiger partial charge is 0.390 e. The van der Waals surface area contributed by atoms with E-state index in [9.17, 15) is 4.79 Å². The fourth-order valence-corrected chi connectivity index (χ4v) is 0.564. The second-order valence-electron chi connectivity index (χ2n) is 1.69. The van der Waals surface area contributed by atoms with Gasteiger partial charge in [-0.25, -0.2) is 0 Å². The third kappa shape index (κ3) is 3.46. The monoisotopic (exact) mass is 152 g/mol. The van der Waals surface area contributed by atoms with Crippen molar-refractivity contribution in [3.8, 4) is 0 Å². The zero-order valence-electron chi connectivity index (χ0n) is 4.83. The highest BCUT2D eigenvalue weighted by Crippen LogP contribution is 1.98. The molecule has 0 radical (unpaired) electrons. The minimum Gasteiger partial charge on any atom is -0.390 e. The lowest BCUT2D eigenvalue weighted by Gasteiger charge is -2.10. The Morgan fingerprint density at radius 1 is 1.44 bits per heavy atom. The Kier molecular flexibility index (Phi) is 4.67. The Morgan fingerprint density at radius 2 is 2.00 bits per heavy atom. The molecule has 9 heavy (non-hydrogen) atoms. The van der Waals surface area contributed by atoms with E-state index in [-0.39, 0.29) is 12.3 Å². The number of rotatable bonds is 4. The van der Waals surface area contributed by atoms with E-state index in [0.717, 1.165) is 0 Å².